The van der Waals surface area contributed by atoms with Crippen molar-refractivity contribution < 1.29 is 26.0 Å². The van der Waals surface area contributed by atoms with Crippen molar-refractivity contribution >= 4 is 53.1 Å². The molecule has 1 heteroatoms. The molecule has 0 N–H and O–H groups in total. The third kappa shape index (κ3) is 3.59. The van der Waals surface area contributed by atoms with Crippen molar-refractivity contribution in [2.45, 2.75) is 0 Å². The summed E-state index contributed by atoms with van der Waals surface area (Å²) in [4.78, 5) is 0. The van der Waals surface area contributed by atoms with Gasteiger partial charge in [-0.15, -0.1) is 11.3 Å². The summed E-state index contributed by atoms with van der Waals surface area (Å²) in [6, 6.07) is -3.43. The van der Waals surface area contributed by atoms with Crippen LogP contribution in [-0.4, -0.2) is 0 Å². The fourth-order valence-electron chi connectivity index (χ4n) is 4.88. The van der Waals surface area contributed by atoms with E-state index in [2.05, 4.69) is 0 Å². The third-order valence-corrected chi connectivity index (χ3v) is 7.62. The molecule has 7 aromatic carbocycles. The molecule has 0 radical (unpaired) electrons. The molecule has 0 aliphatic carbocycles. The third-order valence-electron chi connectivity index (χ3n) is 6.58. The first-order valence-corrected chi connectivity index (χ1v) is 12.6. The number of hydrogen-bond acceptors (Lipinski definition) is 1. The lowest BCUT2D eigenvalue weighted by Gasteiger charge is -2.18. The Kier molecular flexibility index (Phi) is 2.40. The van der Waals surface area contributed by atoms with Crippen LogP contribution in [0, 0.1) is 0 Å². The Bertz CT molecular complexity index is 3100. The van der Waals surface area contributed by atoms with Gasteiger partial charge >= 0.3 is 0 Å². The van der Waals surface area contributed by atoms with Gasteiger partial charge in [0.1, 0.15) is 0 Å². The van der Waals surface area contributed by atoms with E-state index in [0.29, 0.717) is 15.6 Å². The van der Waals surface area contributed by atoms with Gasteiger partial charge in [-0.3, -0.25) is 0 Å². The number of hydrogen-bond donors (Lipinski definition) is 0. The Labute approximate surface area is 258 Å². The first-order valence-electron chi connectivity index (χ1n) is 21.3. The van der Waals surface area contributed by atoms with Crippen molar-refractivity contribution in [3.05, 3.63) is 145 Å². The summed E-state index contributed by atoms with van der Waals surface area (Å²) in [7, 11) is 0. The topological polar surface area (TPSA) is 0 Å². The van der Waals surface area contributed by atoms with Crippen molar-refractivity contribution in [3.8, 4) is 33.4 Å². The smallest absolute Gasteiger partial charge is 0.0638 e. The van der Waals surface area contributed by atoms with Crippen molar-refractivity contribution in [2.24, 2.45) is 0 Å². The van der Waals surface area contributed by atoms with E-state index in [9.17, 15) is 0 Å². The monoisotopic (exact) mass is 531 g/mol. The molecule has 39 heavy (non-hydrogen) atoms. The molecule has 0 nitrogen and oxygen atoms in total. The maximum atomic E-state index is 9.13. The average molecular weight is 532 g/mol. The minimum Gasteiger partial charge on any atom is -0.135 e. The van der Waals surface area contributed by atoms with Crippen molar-refractivity contribution in [1.82, 2.24) is 0 Å². The van der Waals surface area contributed by atoms with Gasteiger partial charge in [0, 0.05) is 20.2 Å². The van der Waals surface area contributed by atoms with E-state index in [0.717, 1.165) is 11.3 Å². The fraction of sp³-hybridized carbons (Fsp3) is 0. The Balaban J connectivity index is 1.50. The van der Waals surface area contributed by atoms with E-state index < -0.39 is 102 Å². The predicted octanol–water partition coefficient (Wildman–Crippen LogP) is 11.4. The van der Waals surface area contributed by atoms with Crippen LogP contribution < -0.4 is 0 Å². The predicted molar refractivity (Wildman–Crippen MR) is 171 cm³/mol. The summed E-state index contributed by atoms with van der Waals surface area (Å²) in [6.45, 7) is 0. The molecule has 1 heterocycles. The highest BCUT2D eigenvalue weighted by molar-refractivity contribution is 7.25. The van der Waals surface area contributed by atoms with E-state index in [4.69, 9.17) is 26.0 Å². The molecule has 1 aromatic heterocycles. The molecule has 8 aromatic rings. The van der Waals surface area contributed by atoms with E-state index in [1.807, 2.05) is 0 Å². The molecule has 182 valence electrons. The summed E-state index contributed by atoms with van der Waals surface area (Å²) in [6.07, 6.45) is 0. The molecule has 0 saturated carbocycles. The number of rotatable bonds is 3. The lowest BCUT2D eigenvalue weighted by molar-refractivity contribution is 1.63. The SMILES string of the molecule is [2H]c1c([2H])c([2H])c(-c2c3c([2H])c([2H])c([2H])c([2H])c3c(-c3ccc(-c4cc5c(sc6c([2H])c([2H])c([2H])c([2H])c65)c([2H])c4[2H])cc3)c3c([2H])c([2H])c([2H])c([2H])c23)c([2H])c1[2H]. The van der Waals surface area contributed by atoms with Gasteiger partial charge in [0.25, 0.3) is 0 Å². The Morgan fingerprint density at radius 2 is 0.846 bits per heavy atom. The Morgan fingerprint density at radius 3 is 1.49 bits per heavy atom. The maximum Gasteiger partial charge on any atom is 0.0638 e. The largest absolute Gasteiger partial charge is 0.135 e. The fourth-order valence-corrected chi connectivity index (χ4v) is 5.83. The first kappa shape index (κ1) is 10.4. The van der Waals surface area contributed by atoms with E-state index in [1.165, 1.54) is 24.3 Å². The van der Waals surface area contributed by atoms with Crippen LogP contribution in [0.15, 0.2) is 145 Å². The number of fused-ring (bicyclic) bond motifs is 5. The van der Waals surface area contributed by atoms with Crippen LogP contribution in [0.1, 0.15) is 26.0 Å². The van der Waals surface area contributed by atoms with Gasteiger partial charge in [-0.05, 0) is 73.1 Å². The minimum atomic E-state index is -0.766. The number of thiophene rings is 1. The first-order chi connectivity index (χ1) is 27.2. The molecule has 0 saturated heterocycles. The van der Waals surface area contributed by atoms with Gasteiger partial charge in [-0.1, -0.05) is 127 Å². The van der Waals surface area contributed by atoms with Gasteiger partial charge in [-0.2, -0.15) is 0 Å². The van der Waals surface area contributed by atoms with Crippen LogP contribution in [0.3, 0.4) is 0 Å². The van der Waals surface area contributed by atoms with Gasteiger partial charge in [-0.25, -0.2) is 0 Å². The second-order valence-corrected chi connectivity index (χ2v) is 9.70. The van der Waals surface area contributed by atoms with Crippen molar-refractivity contribution in [3.63, 3.8) is 0 Å². The van der Waals surface area contributed by atoms with Gasteiger partial charge < -0.3 is 0 Å². The van der Waals surface area contributed by atoms with Crippen LogP contribution in [0.5, 0.6) is 0 Å². The van der Waals surface area contributed by atoms with Crippen LogP contribution >= 0.6 is 11.3 Å². The normalized spacial score (nSPS) is 18.4. The number of benzene rings is 7. The molecule has 0 spiro atoms. The zero-order chi connectivity index (χ0) is 42.3. The molecule has 8 rings (SSSR count). The summed E-state index contributed by atoms with van der Waals surface area (Å²) in [5.74, 6) is 0. The van der Waals surface area contributed by atoms with Crippen LogP contribution in [0.25, 0.3) is 75.1 Å². The minimum absolute atomic E-state index is 0.0609. The average Bonchev–Trinajstić information content (AvgIpc) is 3.61. The molecule has 0 fully saturated rings. The van der Waals surface area contributed by atoms with E-state index in [1.54, 1.807) is 6.07 Å². The molecule has 0 aliphatic rings. The highest BCUT2D eigenvalue weighted by Crippen LogP contribution is 2.44. The van der Waals surface area contributed by atoms with Crippen molar-refractivity contribution in [2.75, 3.05) is 0 Å². The standard InChI is InChI=1S/C38H24S/c1-2-10-26(11-3-1)37-30-13-4-6-15-32(30)38(33-16-7-5-14-31(33)37)27-20-18-25(19-21-27)28-22-23-36-34(24-28)29-12-8-9-17-35(29)39-36/h1-24H/i1D,2D,3D,4D,5D,6D,7D,8D,9D,10D,11D,12D,13D,14D,15D,16D,17D,22D,23D. The second-order valence-electron chi connectivity index (χ2n) is 8.68. The van der Waals surface area contributed by atoms with Crippen molar-refractivity contribution in [1.29, 1.82) is 0 Å². The lowest BCUT2D eigenvalue weighted by Crippen LogP contribution is -1.90. The van der Waals surface area contributed by atoms with Gasteiger partial charge in [0.15, 0.2) is 0 Å². The zero-order valence-corrected chi connectivity index (χ0v) is 20.6. The lowest BCUT2D eigenvalue weighted by atomic mass is 9.86. The highest BCUT2D eigenvalue weighted by atomic mass is 32.1. The Hall–Kier alpha value is -4.72. The molecule has 0 amide bonds. The van der Waals surface area contributed by atoms with Crippen LogP contribution in [0.4, 0.5) is 0 Å². The molecule has 0 unspecified atom stereocenters. The second kappa shape index (κ2) is 8.94. The quantitative estimate of drug-likeness (QED) is 0.199. The summed E-state index contributed by atoms with van der Waals surface area (Å²) < 4.78 is 165. The molecular formula is C38H24S. The highest BCUT2D eigenvalue weighted by Gasteiger charge is 2.16. The van der Waals surface area contributed by atoms with E-state index >= 15 is 0 Å². The van der Waals surface area contributed by atoms with Gasteiger partial charge in [0.05, 0.1) is 26.0 Å². The molecule has 0 atom stereocenters. The van der Waals surface area contributed by atoms with E-state index in [-0.39, 0.29) is 72.5 Å². The zero-order valence-electron chi connectivity index (χ0n) is 38.8. The molecule has 0 bridgehead atoms. The molecular weight excluding hydrogens is 488 g/mol. The Morgan fingerprint density at radius 1 is 0.359 bits per heavy atom. The van der Waals surface area contributed by atoms with Gasteiger partial charge in [0.2, 0.25) is 0 Å². The summed E-state index contributed by atoms with van der Waals surface area (Å²) >= 11 is 0.989. The summed E-state index contributed by atoms with van der Waals surface area (Å²) in [5.41, 5.74) is -0.181. The maximum absolute atomic E-state index is 9.13. The van der Waals surface area contributed by atoms with Crippen LogP contribution in [0.2, 0.25) is 0 Å². The summed E-state index contributed by atoms with van der Waals surface area (Å²) in [5, 5.41) is -0.612. The van der Waals surface area contributed by atoms with Crippen LogP contribution in [-0.2, 0) is 0 Å². The molecule has 0 aliphatic heterocycles.